The molecule has 0 aliphatic rings. The van der Waals surface area contributed by atoms with E-state index in [0.717, 1.165) is 6.07 Å². The third-order valence-corrected chi connectivity index (χ3v) is 5.26. The standard InChI is InChI=1S/C13H20BrN3O4S/c1-9(2)7-13(3,8-15)16-22(20,21)12-6-10(14)4-5-11(12)17(18)19/h4-6,9,16H,7-8,15H2,1-3H3. The lowest BCUT2D eigenvalue weighted by molar-refractivity contribution is -0.387. The number of hydrogen-bond acceptors (Lipinski definition) is 5. The molecular weight excluding hydrogens is 374 g/mol. The fourth-order valence-corrected chi connectivity index (χ4v) is 4.44. The van der Waals surface area contributed by atoms with Crippen LogP contribution in [-0.4, -0.2) is 25.4 Å². The molecule has 0 fully saturated rings. The van der Waals surface area contributed by atoms with Crippen LogP contribution in [0.25, 0.3) is 0 Å². The fourth-order valence-electron chi connectivity index (χ4n) is 2.30. The normalized spacial score (nSPS) is 14.8. The van der Waals surface area contributed by atoms with Crippen molar-refractivity contribution in [3.05, 3.63) is 32.8 Å². The number of halogens is 1. The van der Waals surface area contributed by atoms with Gasteiger partial charge in [-0.2, -0.15) is 0 Å². The van der Waals surface area contributed by atoms with Crippen LogP contribution in [-0.2, 0) is 10.0 Å². The Hall–Kier alpha value is -1.03. The van der Waals surface area contributed by atoms with E-state index < -0.39 is 26.2 Å². The van der Waals surface area contributed by atoms with E-state index in [1.54, 1.807) is 6.92 Å². The Morgan fingerprint density at radius 1 is 1.45 bits per heavy atom. The number of hydrogen-bond donors (Lipinski definition) is 2. The van der Waals surface area contributed by atoms with Gasteiger partial charge >= 0.3 is 0 Å². The van der Waals surface area contributed by atoms with Crippen LogP contribution in [0.4, 0.5) is 5.69 Å². The topological polar surface area (TPSA) is 115 Å². The summed E-state index contributed by atoms with van der Waals surface area (Å²) in [6, 6.07) is 3.79. The molecule has 0 heterocycles. The van der Waals surface area contributed by atoms with Crippen LogP contribution >= 0.6 is 15.9 Å². The maximum atomic E-state index is 12.6. The first kappa shape index (κ1) is 19.0. The van der Waals surface area contributed by atoms with Gasteiger partial charge in [-0.15, -0.1) is 0 Å². The highest BCUT2D eigenvalue weighted by Crippen LogP contribution is 2.29. The molecule has 0 aliphatic carbocycles. The summed E-state index contributed by atoms with van der Waals surface area (Å²) >= 11 is 3.14. The number of nitrogens with two attached hydrogens (primary N) is 1. The smallest absolute Gasteiger partial charge is 0.289 e. The molecule has 0 bridgehead atoms. The van der Waals surface area contributed by atoms with Crippen LogP contribution in [0.3, 0.4) is 0 Å². The van der Waals surface area contributed by atoms with Gasteiger partial charge in [-0.1, -0.05) is 29.8 Å². The van der Waals surface area contributed by atoms with E-state index >= 15 is 0 Å². The molecule has 7 nitrogen and oxygen atoms in total. The van der Waals surface area contributed by atoms with Gasteiger partial charge < -0.3 is 5.73 Å². The van der Waals surface area contributed by atoms with Gasteiger partial charge in [0.15, 0.2) is 4.90 Å². The van der Waals surface area contributed by atoms with Gasteiger partial charge in [0.25, 0.3) is 5.69 Å². The van der Waals surface area contributed by atoms with E-state index in [-0.39, 0.29) is 17.4 Å². The molecule has 1 rings (SSSR count). The monoisotopic (exact) mass is 393 g/mol. The Morgan fingerprint density at radius 2 is 2.05 bits per heavy atom. The summed E-state index contributed by atoms with van der Waals surface area (Å²) in [6.07, 6.45) is 0.518. The van der Waals surface area contributed by atoms with E-state index in [2.05, 4.69) is 20.7 Å². The molecule has 0 aromatic heterocycles. The number of nitrogens with zero attached hydrogens (tertiary/aromatic N) is 1. The first-order valence-corrected chi connectivity index (χ1v) is 8.96. The average Bonchev–Trinajstić information content (AvgIpc) is 2.36. The number of sulfonamides is 1. The van der Waals surface area contributed by atoms with Crippen LogP contribution in [0.2, 0.25) is 0 Å². The molecule has 0 saturated heterocycles. The van der Waals surface area contributed by atoms with Crippen molar-refractivity contribution in [2.24, 2.45) is 11.7 Å². The van der Waals surface area contributed by atoms with Gasteiger partial charge in [-0.3, -0.25) is 10.1 Å². The molecule has 1 unspecified atom stereocenters. The summed E-state index contributed by atoms with van der Waals surface area (Å²) in [5.41, 5.74) is 4.35. The minimum Gasteiger partial charge on any atom is -0.329 e. The summed E-state index contributed by atoms with van der Waals surface area (Å²) < 4.78 is 28.1. The average molecular weight is 394 g/mol. The van der Waals surface area contributed by atoms with Gasteiger partial charge in [0.05, 0.1) is 4.92 Å². The lowest BCUT2D eigenvalue weighted by Gasteiger charge is -2.30. The lowest BCUT2D eigenvalue weighted by atomic mass is 9.92. The molecule has 3 N–H and O–H groups in total. The van der Waals surface area contributed by atoms with Crippen LogP contribution in [0, 0.1) is 16.0 Å². The van der Waals surface area contributed by atoms with Crippen molar-refractivity contribution in [1.29, 1.82) is 0 Å². The molecule has 1 aromatic carbocycles. The number of benzene rings is 1. The molecule has 0 aliphatic heterocycles. The predicted molar refractivity (Wildman–Crippen MR) is 88.0 cm³/mol. The third-order valence-electron chi connectivity index (χ3n) is 3.10. The minimum atomic E-state index is -4.08. The summed E-state index contributed by atoms with van der Waals surface area (Å²) in [6.45, 7) is 5.67. The van der Waals surface area contributed by atoms with Crippen molar-refractivity contribution in [3.8, 4) is 0 Å². The highest BCUT2D eigenvalue weighted by Gasteiger charge is 2.34. The van der Waals surface area contributed by atoms with Crippen molar-refractivity contribution in [1.82, 2.24) is 4.72 Å². The fraction of sp³-hybridized carbons (Fsp3) is 0.538. The van der Waals surface area contributed by atoms with Gasteiger partial charge in [0, 0.05) is 22.6 Å². The second-order valence-corrected chi connectivity index (χ2v) is 8.40. The first-order valence-electron chi connectivity index (χ1n) is 6.69. The Bertz CT molecular complexity index is 663. The van der Waals surface area contributed by atoms with E-state index in [9.17, 15) is 18.5 Å². The van der Waals surface area contributed by atoms with E-state index in [1.807, 2.05) is 13.8 Å². The SMILES string of the molecule is CC(C)CC(C)(CN)NS(=O)(=O)c1cc(Br)ccc1[N+](=O)[O-]. The number of nitrogens with one attached hydrogen (secondary N) is 1. The lowest BCUT2D eigenvalue weighted by Crippen LogP contribution is -2.52. The molecule has 22 heavy (non-hydrogen) atoms. The quantitative estimate of drug-likeness (QED) is 0.544. The molecule has 0 saturated carbocycles. The maximum Gasteiger partial charge on any atom is 0.289 e. The number of nitro benzene ring substituents is 1. The molecule has 0 amide bonds. The van der Waals surface area contributed by atoms with Crippen molar-refractivity contribution in [3.63, 3.8) is 0 Å². The minimum absolute atomic E-state index is 0.0895. The summed E-state index contributed by atoms with van der Waals surface area (Å²) in [5, 5.41) is 11.1. The number of nitro groups is 1. The highest BCUT2D eigenvalue weighted by molar-refractivity contribution is 9.10. The first-order chi connectivity index (χ1) is 10.0. The zero-order valence-electron chi connectivity index (χ0n) is 12.7. The van der Waals surface area contributed by atoms with E-state index in [1.165, 1.54) is 12.1 Å². The molecule has 0 radical (unpaired) electrons. The third kappa shape index (κ3) is 4.73. The summed E-state index contributed by atoms with van der Waals surface area (Å²) in [5.74, 6) is 0.216. The van der Waals surface area contributed by atoms with E-state index in [4.69, 9.17) is 5.73 Å². The van der Waals surface area contributed by atoms with Crippen molar-refractivity contribution >= 4 is 31.6 Å². The van der Waals surface area contributed by atoms with Crippen molar-refractivity contribution in [2.45, 2.75) is 37.6 Å². The van der Waals surface area contributed by atoms with Crippen LogP contribution in [0.15, 0.2) is 27.6 Å². The van der Waals surface area contributed by atoms with Crippen LogP contribution < -0.4 is 10.5 Å². The Kier molecular flexibility index (Phi) is 6.08. The highest BCUT2D eigenvalue weighted by atomic mass is 79.9. The Labute approximate surface area is 138 Å². The molecule has 0 spiro atoms. The zero-order valence-corrected chi connectivity index (χ0v) is 15.1. The van der Waals surface area contributed by atoms with Gasteiger partial charge in [-0.05, 0) is 31.4 Å². The summed E-state index contributed by atoms with van der Waals surface area (Å²) in [7, 11) is -4.08. The van der Waals surface area contributed by atoms with Crippen LogP contribution in [0.1, 0.15) is 27.2 Å². The molecule has 1 atom stereocenters. The van der Waals surface area contributed by atoms with Gasteiger partial charge in [0.1, 0.15) is 0 Å². The van der Waals surface area contributed by atoms with Gasteiger partial charge in [0.2, 0.25) is 10.0 Å². The number of rotatable bonds is 7. The molecule has 9 heteroatoms. The van der Waals surface area contributed by atoms with Crippen molar-refractivity contribution in [2.75, 3.05) is 6.54 Å². The Morgan fingerprint density at radius 3 is 2.50 bits per heavy atom. The zero-order chi connectivity index (χ0) is 17.1. The molecule has 124 valence electrons. The van der Waals surface area contributed by atoms with Crippen LogP contribution in [0.5, 0.6) is 0 Å². The molecular formula is C13H20BrN3O4S. The second kappa shape index (κ2) is 7.03. The van der Waals surface area contributed by atoms with Crippen molar-refractivity contribution < 1.29 is 13.3 Å². The van der Waals surface area contributed by atoms with E-state index in [0.29, 0.717) is 10.9 Å². The molecule has 1 aromatic rings. The second-order valence-electron chi connectivity index (χ2n) is 5.84. The maximum absolute atomic E-state index is 12.6. The largest absolute Gasteiger partial charge is 0.329 e. The summed E-state index contributed by atoms with van der Waals surface area (Å²) in [4.78, 5) is 9.97. The van der Waals surface area contributed by atoms with Gasteiger partial charge in [-0.25, -0.2) is 13.1 Å². The predicted octanol–water partition coefficient (Wildman–Crippen LogP) is 2.40. The Balaban J connectivity index is 3.30.